The molecule has 0 radical (unpaired) electrons. The molecule has 3 aromatic rings. The number of hydrazine groups is 1. The second-order valence-electron chi connectivity index (χ2n) is 4.55. The van der Waals surface area contributed by atoms with Crippen molar-refractivity contribution in [2.75, 3.05) is 5.73 Å². The van der Waals surface area contributed by atoms with E-state index in [4.69, 9.17) is 11.6 Å². The number of amides is 1. The summed E-state index contributed by atoms with van der Waals surface area (Å²) in [7, 11) is 0. The monoisotopic (exact) mass is 282 g/mol. The summed E-state index contributed by atoms with van der Waals surface area (Å²) in [5.74, 6) is 5.49. The Morgan fingerprint density at radius 2 is 2.14 bits per heavy atom. The van der Waals surface area contributed by atoms with Gasteiger partial charge in [-0.25, -0.2) is 10.8 Å². The van der Waals surface area contributed by atoms with Gasteiger partial charge >= 0.3 is 0 Å². The Balaban J connectivity index is 2.25. The lowest BCUT2D eigenvalue weighted by Crippen LogP contribution is -2.33. The first-order chi connectivity index (χ1) is 10.2. The van der Waals surface area contributed by atoms with Crippen LogP contribution in [0, 0.1) is 0 Å². The summed E-state index contributed by atoms with van der Waals surface area (Å²) in [6, 6.07) is 9.15. The molecule has 7 heteroatoms. The van der Waals surface area contributed by atoms with Crippen molar-refractivity contribution >= 4 is 22.6 Å². The number of carbonyl (C=O) groups excluding carboxylic acids is 1. The molecule has 1 amide bonds. The molecule has 0 aliphatic rings. The van der Waals surface area contributed by atoms with Crippen LogP contribution >= 0.6 is 0 Å². The zero-order chi connectivity index (χ0) is 14.8. The van der Waals surface area contributed by atoms with E-state index in [9.17, 15) is 4.79 Å². The van der Waals surface area contributed by atoms with Crippen LogP contribution < -0.4 is 17.0 Å². The van der Waals surface area contributed by atoms with Gasteiger partial charge in [-0.05, 0) is 24.3 Å². The molecule has 7 nitrogen and oxygen atoms in total. The van der Waals surface area contributed by atoms with E-state index in [0.717, 1.165) is 11.1 Å². The molecule has 0 spiro atoms. The van der Waals surface area contributed by atoms with Crippen LogP contribution in [0.1, 0.15) is 0 Å². The van der Waals surface area contributed by atoms with Crippen LogP contribution in [-0.2, 0) is 11.3 Å². The average Bonchev–Trinajstić information content (AvgIpc) is 2.88. The van der Waals surface area contributed by atoms with Crippen molar-refractivity contribution < 1.29 is 4.79 Å². The molecule has 0 bridgehead atoms. The molecule has 0 aliphatic carbocycles. The van der Waals surface area contributed by atoms with E-state index >= 15 is 0 Å². The number of hydrogen-bond acceptors (Lipinski definition) is 5. The quantitative estimate of drug-likeness (QED) is 0.283. The first-order valence-corrected chi connectivity index (χ1v) is 6.35. The maximum Gasteiger partial charge on any atom is 0.253 e. The number of imidazole rings is 1. The van der Waals surface area contributed by atoms with Gasteiger partial charge in [-0.15, -0.1) is 0 Å². The van der Waals surface area contributed by atoms with E-state index in [2.05, 4.69) is 15.4 Å². The Labute approximate surface area is 120 Å². The van der Waals surface area contributed by atoms with Crippen molar-refractivity contribution in [3.05, 3.63) is 42.7 Å². The fourth-order valence-electron chi connectivity index (χ4n) is 2.23. The zero-order valence-electron chi connectivity index (χ0n) is 11.2. The molecule has 1 aromatic carbocycles. The summed E-state index contributed by atoms with van der Waals surface area (Å²) < 4.78 is 1.77. The minimum absolute atomic E-state index is 0.0562. The lowest BCUT2D eigenvalue weighted by Gasteiger charge is -2.08. The Morgan fingerprint density at radius 1 is 1.29 bits per heavy atom. The van der Waals surface area contributed by atoms with Crippen LogP contribution in [0.2, 0.25) is 0 Å². The van der Waals surface area contributed by atoms with E-state index in [-0.39, 0.29) is 12.5 Å². The van der Waals surface area contributed by atoms with Gasteiger partial charge in [-0.3, -0.25) is 15.2 Å². The van der Waals surface area contributed by atoms with Crippen LogP contribution in [-0.4, -0.2) is 20.4 Å². The van der Waals surface area contributed by atoms with Crippen LogP contribution in [0.4, 0.5) is 5.69 Å². The number of nitrogen functional groups attached to an aromatic ring is 1. The highest BCUT2D eigenvalue weighted by Crippen LogP contribution is 2.27. The van der Waals surface area contributed by atoms with Crippen LogP contribution in [0.3, 0.4) is 0 Å². The number of nitrogens with two attached hydrogens (primary N) is 2. The molecule has 0 aliphatic heterocycles. The summed E-state index contributed by atoms with van der Waals surface area (Å²) in [6.45, 7) is 0.0562. The Morgan fingerprint density at radius 3 is 2.86 bits per heavy atom. The number of para-hydroxylation sites is 1. The predicted octanol–water partition coefficient (Wildman–Crippen LogP) is 0.670. The number of benzene rings is 1. The van der Waals surface area contributed by atoms with E-state index < -0.39 is 0 Å². The first kappa shape index (κ1) is 13.1. The number of nitrogens with one attached hydrogen (secondary N) is 1. The smallest absolute Gasteiger partial charge is 0.253 e. The topological polar surface area (TPSA) is 112 Å². The van der Waals surface area contributed by atoms with Gasteiger partial charge in [-0.1, -0.05) is 6.07 Å². The Bertz CT molecular complexity index is 796. The molecule has 2 heterocycles. The third-order valence-electron chi connectivity index (χ3n) is 3.19. The molecule has 0 unspecified atom stereocenters. The minimum atomic E-state index is -0.318. The van der Waals surface area contributed by atoms with E-state index in [0.29, 0.717) is 17.0 Å². The molecular weight excluding hydrogens is 268 g/mol. The van der Waals surface area contributed by atoms with Gasteiger partial charge in [0.05, 0.1) is 11.2 Å². The normalized spacial score (nSPS) is 10.7. The maximum absolute atomic E-state index is 11.7. The lowest BCUT2D eigenvalue weighted by molar-refractivity contribution is -0.121. The fraction of sp³-hybridized carbons (Fsp3) is 0.0714. The van der Waals surface area contributed by atoms with Gasteiger partial charge in [0.1, 0.15) is 17.9 Å². The van der Waals surface area contributed by atoms with Gasteiger partial charge in [0.15, 0.2) is 0 Å². The SMILES string of the molecule is NNC(=O)Cn1c(-c2cccnc2)nc2c(N)cccc21. The van der Waals surface area contributed by atoms with Crippen molar-refractivity contribution in [1.82, 2.24) is 20.0 Å². The van der Waals surface area contributed by atoms with Gasteiger partial charge in [0.25, 0.3) is 5.91 Å². The van der Waals surface area contributed by atoms with Crippen molar-refractivity contribution in [2.45, 2.75) is 6.54 Å². The summed E-state index contributed by atoms with van der Waals surface area (Å²) in [6.07, 6.45) is 3.37. The van der Waals surface area contributed by atoms with Gasteiger partial charge in [-0.2, -0.15) is 0 Å². The number of rotatable bonds is 3. The molecule has 106 valence electrons. The number of nitrogens with zero attached hydrogens (tertiary/aromatic N) is 3. The van der Waals surface area contributed by atoms with E-state index in [1.165, 1.54) is 0 Å². The second-order valence-corrected chi connectivity index (χ2v) is 4.55. The highest BCUT2D eigenvalue weighted by atomic mass is 16.2. The second kappa shape index (κ2) is 5.22. The van der Waals surface area contributed by atoms with Gasteiger partial charge in [0.2, 0.25) is 0 Å². The average molecular weight is 282 g/mol. The maximum atomic E-state index is 11.7. The zero-order valence-corrected chi connectivity index (χ0v) is 11.2. The standard InChI is InChI=1S/C14H14N6O/c15-10-4-1-5-11-13(10)18-14(9-3-2-6-17-7-9)20(11)8-12(21)19-16/h1-7H,8,15-16H2,(H,19,21). The Hall–Kier alpha value is -2.93. The summed E-state index contributed by atoms with van der Waals surface area (Å²) >= 11 is 0. The van der Waals surface area contributed by atoms with Gasteiger partial charge < -0.3 is 10.3 Å². The first-order valence-electron chi connectivity index (χ1n) is 6.35. The van der Waals surface area contributed by atoms with Gasteiger partial charge in [0, 0.05) is 18.0 Å². The molecular formula is C14H14N6O. The van der Waals surface area contributed by atoms with E-state index in [1.807, 2.05) is 24.3 Å². The minimum Gasteiger partial charge on any atom is -0.397 e. The lowest BCUT2D eigenvalue weighted by atomic mass is 10.2. The van der Waals surface area contributed by atoms with Crippen LogP contribution in [0.15, 0.2) is 42.7 Å². The van der Waals surface area contributed by atoms with Crippen molar-refractivity contribution in [3.8, 4) is 11.4 Å². The predicted molar refractivity (Wildman–Crippen MR) is 79.7 cm³/mol. The summed E-state index contributed by atoms with van der Waals surface area (Å²) in [4.78, 5) is 20.3. The van der Waals surface area contributed by atoms with Crippen molar-refractivity contribution in [1.29, 1.82) is 0 Å². The third kappa shape index (κ3) is 2.30. The third-order valence-corrected chi connectivity index (χ3v) is 3.19. The van der Waals surface area contributed by atoms with Crippen LogP contribution in [0.5, 0.6) is 0 Å². The molecule has 0 saturated carbocycles. The van der Waals surface area contributed by atoms with Crippen molar-refractivity contribution in [3.63, 3.8) is 0 Å². The summed E-state index contributed by atoms with van der Waals surface area (Å²) in [5.41, 5.74) is 10.9. The number of carbonyl (C=O) groups is 1. The molecule has 5 N–H and O–H groups in total. The highest BCUT2D eigenvalue weighted by molar-refractivity contribution is 5.91. The molecule has 21 heavy (non-hydrogen) atoms. The molecule has 3 rings (SSSR count). The largest absolute Gasteiger partial charge is 0.397 e. The number of pyridine rings is 1. The fourth-order valence-corrected chi connectivity index (χ4v) is 2.23. The van der Waals surface area contributed by atoms with E-state index in [1.54, 1.807) is 23.0 Å². The summed E-state index contributed by atoms with van der Waals surface area (Å²) in [5, 5.41) is 0. The number of aromatic nitrogens is 3. The number of hydrogen-bond donors (Lipinski definition) is 3. The van der Waals surface area contributed by atoms with Crippen LogP contribution in [0.25, 0.3) is 22.4 Å². The Kier molecular flexibility index (Phi) is 3.25. The number of anilines is 1. The molecule has 0 atom stereocenters. The molecule has 0 saturated heterocycles. The molecule has 2 aromatic heterocycles. The van der Waals surface area contributed by atoms with Crippen molar-refractivity contribution in [2.24, 2.45) is 5.84 Å². The molecule has 0 fully saturated rings. The highest BCUT2D eigenvalue weighted by Gasteiger charge is 2.16. The number of fused-ring (bicyclic) bond motifs is 1.